The largest absolute Gasteiger partial charge is 0.326 e. The molecule has 0 spiro atoms. The van der Waals surface area contributed by atoms with Crippen LogP contribution in [0.15, 0.2) is 24.3 Å². The van der Waals surface area contributed by atoms with Gasteiger partial charge in [-0.1, -0.05) is 24.3 Å². The summed E-state index contributed by atoms with van der Waals surface area (Å²) >= 11 is 0. The second kappa shape index (κ2) is 6.04. The van der Waals surface area contributed by atoms with Gasteiger partial charge in [-0.3, -0.25) is 4.90 Å². The molecule has 1 heterocycles. The van der Waals surface area contributed by atoms with Crippen molar-refractivity contribution in [3.8, 4) is 0 Å². The average Bonchev–Trinajstić information content (AvgIpc) is 3.32. The van der Waals surface area contributed by atoms with Gasteiger partial charge in [0.25, 0.3) is 0 Å². The molecule has 1 aromatic carbocycles. The van der Waals surface area contributed by atoms with E-state index in [9.17, 15) is 8.42 Å². The van der Waals surface area contributed by atoms with Crippen LogP contribution in [-0.4, -0.2) is 49.8 Å². The summed E-state index contributed by atoms with van der Waals surface area (Å²) in [5.41, 5.74) is 7.40. The highest BCUT2D eigenvalue weighted by Crippen LogP contribution is 2.28. The van der Waals surface area contributed by atoms with Crippen LogP contribution in [0.4, 0.5) is 0 Å². The Balaban J connectivity index is 1.63. The first-order valence-corrected chi connectivity index (χ1v) is 9.19. The summed E-state index contributed by atoms with van der Waals surface area (Å²) in [6.07, 6.45) is 2.55. The van der Waals surface area contributed by atoms with Crippen molar-refractivity contribution in [1.29, 1.82) is 0 Å². The molecule has 3 rings (SSSR count). The Labute approximate surface area is 126 Å². The molecule has 21 heavy (non-hydrogen) atoms. The fourth-order valence-electron chi connectivity index (χ4n) is 2.93. The monoisotopic (exact) mass is 309 g/mol. The van der Waals surface area contributed by atoms with Crippen LogP contribution in [0.2, 0.25) is 0 Å². The van der Waals surface area contributed by atoms with Gasteiger partial charge in [0, 0.05) is 38.8 Å². The number of nitrogens with two attached hydrogens (primary N) is 1. The lowest BCUT2D eigenvalue weighted by Crippen LogP contribution is -2.49. The summed E-state index contributed by atoms with van der Waals surface area (Å²) in [5, 5.41) is 0. The van der Waals surface area contributed by atoms with E-state index in [0.717, 1.165) is 30.3 Å². The lowest BCUT2D eigenvalue weighted by molar-refractivity contribution is 0.180. The van der Waals surface area contributed by atoms with E-state index >= 15 is 0 Å². The highest BCUT2D eigenvalue weighted by Gasteiger charge is 2.34. The molecule has 2 aliphatic rings. The number of benzene rings is 1. The molecule has 0 bridgehead atoms. The zero-order chi connectivity index (χ0) is 14.9. The van der Waals surface area contributed by atoms with Crippen molar-refractivity contribution < 1.29 is 8.42 Å². The van der Waals surface area contributed by atoms with Crippen LogP contribution in [-0.2, 0) is 22.3 Å². The molecule has 1 aliphatic heterocycles. The van der Waals surface area contributed by atoms with Gasteiger partial charge in [-0.05, 0) is 24.0 Å². The summed E-state index contributed by atoms with van der Waals surface area (Å²) in [7, 11) is -3.22. The number of hydrogen-bond acceptors (Lipinski definition) is 4. The maximum atomic E-state index is 12.5. The van der Waals surface area contributed by atoms with Gasteiger partial charge in [0.2, 0.25) is 10.0 Å². The maximum Gasteiger partial charge on any atom is 0.218 e. The van der Waals surface area contributed by atoms with Gasteiger partial charge in [-0.2, -0.15) is 4.31 Å². The first-order chi connectivity index (χ1) is 10.1. The highest BCUT2D eigenvalue weighted by atomic mass is 32.2. The van der Waals surface area contributed by atoms with E-state index < -0.39 is 10.0 Å². The van der Waals surface area contributed by atoms with Crippen LogP contribution in [0.3, 0.4) is 0 Å². The minimum absolute atomic E-state index is 0.0737. The molecule has 116 valence electrons. The van der Waals surface area contributed by atoms with E-state index in [1.165, 1.54) is 12.8 Å². The van der Waals surface area contributed by atoms with E-state index in [1.54, 1.807) is 4.31 Å². The Bertz CT molecular complexity index is 591. The smallest absolute Gasteiger partial charge is 0.218 e. The predicted molar refractivity (Wildman–Crippen MR) is 83.1 cm³/mol. The van der Waals surface area contributed by atoms with E-state index in [1.807, 2.05) is 24.3 Å². The Morgan fingerprint density at radius 1 is 1.10 bits per heavy atom. The molecule has 1 aliphatic carbocycles. The van der Waals surface area contributed by atoms with Crippen LogP contribution < -0.4 is 5.73 Å². The third-order valence-corrected chi connectivity index (χ3v) is 6.16. The third kappa shape index (κ3) is 3.63. The van der Waals surface area contributed by atoms with Crippen molar-refractivity contribution in [2.75, 3.05) is 26.2 Å². The lowest BCUT2D eigenvalue weighted by atomic mass is 10.1. The number of rotatable bonds is 5. The Hall–Kier alpha value is -0.950. The molecule has 0 aromatic heterocycles. The zero-order valence-electron chi connectivity index (χ0n) is 12.2. The van der Waals surface area contributed by atoms with Gasteiger partial charge in [0.15, 0.2) is 0 Å². The lowest BCUT2D eigenvalue weighted by Gasteiger charge is -2.34. The summed E-state index contributed by atoms with van der Waals surface area (Å²) < 4.78 is 26.7. The summed E-state index contributed by atoms with van der Waals surface area (Å²) in [4.78, 5) is 2.42. The van der Waals surface area contributed by atoms with E-state index in [2.05, 4.69) is 4.90 Å². The van der Waals surface area contributed by atoms with Gasteiger partial charge in [-0.25, -0.2) is 8.42 Å². The minimum atomic E-state index is -3.22. The molecular weight excluding hydrogens is 286 g/mol. The second-order valence-electron chi connectivity index (χ2n) is 5.95. The SMILES string of the molecule is NCc1cccc(CS(=O)(=O)N2CCN(C3CC3)CC2)c1. The second-order valence-corrected chi connectivity index (χ2v) is 7.92. The summed E-state index contributed by atoms with van der Waals surface area (Å²) in [6, 6.07) is 8.26. The fourth-order valence-corrected chi connectivity index (χ4v) is 4.44. The molecule has 0 atom stereocenters. The number of piperazine rings is 1. The van der Waals surface area contributed by atoms with E-state index in [-0.39, 0.29) is 5.75 Å². The fraction of sp³-hybridized carbons (Fsp3) is 0.600. The van der Waals surface area contributed by atoms with Crippen LogP contribution in [0.5, 0.6) is 0 Å². The van der Waals surface area contributed by atoms with Crippen LogP contribution in [0.25, 0.3) is 0 Å². The molecule has 6 heteroatoms. The number of nitrogens with zero attached hydrogens (tertiary/aromatic N) is 2. The molecule has 5 nitrogen and oxygen atoms in total. The molecule has 0 amide bonds. The van der Waals surface area contributed by atoms with Crippen LogP contribution >= 0.6 is 0 Å². The molecule has 2 N–H and O–H groups in total. The van der Waals surface area contributed by atoms with Gasteiger partial charge in [0.1, 0.15) is 0 Å². The molecule has 0 unspecified atom stereocenters. The van der Waals surface area contributed by atoms with Crippen molar-refractivity contribution in [2.24, 2.45) is 5.73 Å². The van der Waals surface area contributed by atoms with Crippen molar-refractivity contribution in [2.45, 2.75) is 31.2 Å². The zero-order valence-corrected chi connectivity index (χ0v) is 13.1. The van der Waals surface area contributed by atoms with Crippen LogP contribution in [0, 0.1) is 0 Å². The van der Waals surface area contributed by atoms with E-state index in [4.69, 9.17) is 5.73 Å². The van der Waals surface area contributed by atoms with Crippen molar-refractivity contribution in [3.63, 3.8) is 0 Å². The van der Waals surface area contributed by atoms with Crippen molar-refractivity contribution >= 4 is 10.0 Å². The van der Waals surface area contributed by atoms with Crippen molar-refractivity contribution in [3.05, 3.63) is 35.4 Å². The minimum Gasteiger partial charge on any atom is -0.326 e. The third-order valence-electron chi connectivity index (χ3n) is 4.31. The molecule has 0 radical (unpaired) electrons. The summed E-state index contributed by atoms with van der Waals surface area (Å²) in [6.45, 7) is 3.41. The number of sulfonamides is 1. The van der Waals surface area contributed by atoms with Crippen LogP contribution in [0.1, 0.15) is 24.0 Å². The maximum absolute atomic E-state index is 12.5. The van der Waals surface area contributed by atoms with Gasteiger partial charge in [0.05, 0.1) is 5.75 Å². The Kier molecular flexibility index (Phi) is 4.31. The van der Waals surface area contributed by atoms with Gasteiger partial charge in [-0.15, -0.1) is 0 Å². The molecule has 2 fully saturated rings. The Morgan fingerprint density at radius 3 is 2.38 bits per heavy atom. The normalized spacial score (nSPS) is 21.6. The topological polar surface area (TPSA) is 66.6 Å². The highest BCUT2D eigenvalue weighted by molar-refractivity contribution is 7.88. The quantitative estimate of drug-likeness (QED) is 0.872. The standard InChI is InChI=1S/C15H23N3O2S/c16-11-13-2-1-3-14(10-13)12-21(19,20)18-8-6-17(7-9-18)15-4-5-15/h1-3,10,15H,4-9,11-12,16H2. The van der Waals surface area contributed by atoms with E-state index in [0.29, 0.717) is 19.6 Å². The molecule has 1 saturated carbocycles. The van der Waals surface area contributed by atoms with Crippen molar-refractivity contribution in [1.82, 2.24) is 9.21 Å². The average molecular weight is 309 g/mol. The van der Waals surface area contributed by atoms with Gasteiger partial charge >= 0.3 is 0 Å². The molecule has 1 saturated heterocycles. The first kappa shape index (κ1) is 15.0. The van der Waals surface area contributed by atoms with Gasteiger partial charge < -0.3 is 5.73 Å². The first-order valence-electron chi connectivity index (χ1n) is 7.58. The molecule has 1 aromatic rings. The predicted octanol–water partition coefficient (Wildman–Crippen LogP) is 0.755. The molecular formula is C15H23N3O2S. The Morgan fingerprint density at radius 2 is 1.76 bits per heavy atom. The summed E-state index contributed by atoms with van der Waals surface area (Å²) in [5.74, 6) is 0.0737. The number of hydrogen-bond donors (Lipinski definition) is 1.